The second-order valence-electron chi connectivity index (χ2n) is 11.4. The highest BCUT2D eigenvalue weighted by molar-refractivity contribution is 5.95. The van der Waals surface area contributed by atoms with E-state index in [1.807, 2.05) is 4.90 Å². The van der Waals surface area contributed by atoms with Gasteiger partial charge in [0.2, 0.25) is 12.0 Å². The zero-order chi connectivity index (χ0) is 30.5. The molecule has 0 spiro atoms. The average Bonchev–Trinajstić information content (AvgIpc) is 3.85. The largest absolute Gasteiger partial charge is 1.00 e. The van der Waals surface area contributed by atoms with Crippen LogP contribution in [0.1, 0.15) is 78.6 Å². The fourth-order valence-electron chi connectivity index (χ4n) is 5.62. The summed E-state index contributed by atoms with van der Waals surface area (Å²) in [5.41, 5.74) is 0.312. The molecule has 2 amide bonds. The minimum absolute atomic E-state index is 0. The Labute approximate surface area is 266 Å². The Bertz CT molecular complexity index is 1570. The smallest absolute Gasteiger partial charge is 0.341 e. The molecule has 0 bridgehead atoms. The molecule has 0 radical (unpaired) electrons. The number of benzene rings is 1. The molecule has 1 aromatic carbocycles. The molecule has 12 heteroatoms. The summed E-state index contributed by atoms with van der Waals surface area (Å²) >= 11 is 0. The van der Waals surface area contributed by atoms with E-state index in [0.29, 0.717) is 49.5 Å². The van der Waals surface area contributed by atoms with Gasteiger partial charge in [-0.2, -0.15) is 4.57 Å². The summed E-state index contributed by atoms with van der Waals surface area (Å²) in [7, 11) is 0. The Morgan fingerprint density at radius 1 is 1.02 bits per heavy atom. The predicted octanol–water partition coefficient (Wildman–Crippen LogP) is 0.514. The molecule has 236 valence electrons. The van der Waals surface area contributed by atoms with Crippen LogP contribution in [0.5, 0.6) is 0 Å². The second-order valence-corrected chi connectivity index (χ2v) is 11.4. The molecule has 0 unspecified atom stereocenters. The lowest BCUT2D eigenvalue weighted by molar-refractivity contribution is -0.684. The van der Waals surface area contributed by atoms with Crippen molar-refractivity contribution in [1.82, 2.24) is 14.8 Å². The summed E-state index contributed by atoms with van der Waals surface area (Å²) in [6, 6.07) is 6.28. The monoisotopic (exact) mass is 671 g/mol. The highest BCUT2D eigenvalue weighted by Gasteiger charge is 2.29. The van der Waals surface area contributed by atoms with Gasteiger partial charge in [0.15, 0.2) is 12.4 Å². The number of aromatic nitrogens is 2. The zero-order valence-corrected chi connectivity index (χ0v) is 26.5. The molecule has 0 atom stereocenters. The summed E-state index contributed by atoms with van der Waals surface area (Å²) in [6.45, 7) is 4.61. The minimum atomic E-state index is -1.33. The molecular weight excluding hydrogens is 633 g/mol. The number of rotatable bonds is 12. The van der Waals surface area contributed by atoms with E-state index in [9.17, 15) is 24.3 Å². The molecule has 1 aliphatic carbocycles. The zero-order valence-electron chi connectivity index (χ0n) is 24.9. The van der Waals surface area contributed by atoms with Gasteiger partial charge in [-0.15, -0.1) is 0 Å². The number of nitrogens with one attached hydrogen (secondary N) is 1. The van der Waals surface area contributed by atoms with Crippen LogP contribution in [0.4, 0.5) is 10.1 Å². The molecule has 2 fully saturated rings. The van der Waals surface area contributed by atoms with Gasteiger partial charge in [-0.3, -0.25) is 14.4 Å². The molecule has 2 N–H and O–H groups in total. The average molecular weight is 673 g/mol. The van der Waals surface area contributed by atoms with E-state index in [4.69, 9.17) is 0 Å². The normalized spacial score (nSPS) is 14.8. The lowest BCUT2D eigenvalue weighted by Crippen LogP contribution is -3.00. The third-order valence-corrected chi connectivity index (χ3v) is 8.25. The van der Waals surface area contributed by atoms with Gasteiger partial charge in [0, 0.05) is 62.5 Å². The molecular formula is C32H39BrFN5O5. The topological polar surface area (TPSA) is 116 Å². The van der Waals surface area contributed by atoms with Crippen LogP contribution in [0.2, 0.25) is 0 Å². The maximum atomic E-state index is 15.3. The maximum absolute atomic E-state index is 15.3. The Hall–Kier alpha value is -3.80. The quantitative estimate of drug-likeness (QED) is 0.214. The van der Waals surface area contributed by atoms with E-state index in [1.165, 1.54) is 25.5 Å². The fraction of sp³-hybridized carbons (Fsp3) is 0.469. The Morgan fingerprint density at radius 2 is 1.70 bits per heavy atom. The SMILES string of the molecule is CCCCCCCNC(=O)C[n+]1ccc(C(=O)N2CCN(c3cc4c(cc3F)c(=O)c(C(=O)O)cn4C3CC3)CC2)cc1.[Br-]. The van der Waals surface area contributed by atoms with Gasteiger partial charge < -0.3 is 41.8 Å². The number of anilines is 1. The summed E-state index contributed by atoms with van der Waals surface area (Å²) in [6.07, 6.45) is 12.2. The number of hydrogen-bond acceptors (Lipinski definition) is 5. The highest BCUT2D eigenvalue weighted by Crippen LogP contribution is 2.38. The summed E-state index contributed by atoms with van der Waals surface area (Å²) in [5, 5.41) is 12.5. The molecule has 3 heterocycles. The maximum Gasteiger partial charge on any atom is 0.341 e. The van der Waals surface area contributed by atoms with Crippen LogP contribution in [0.25, 0.3) is 10.9 Å². The molecule has 10 nitrogen and oxygen atoms in total. The van der Waals surface area contributed by atoms with Crippen LogP contribution in [0.3, 0.4) is 0 Å². The van der Waals surface area contributed by atoms with Crippen molar-refractivity contribution < 1.29 is 45.4 Å². The Kier molecular flexibility index (Phi) is 11.1. The van der Waals surface area contributed by atoms with Crippen molar-refractivity contribution in [3.05, 3.63) is 70.0 Å². The number of carboxylic acids is 1. The number of carbonyl (C=O) groups excluding carboxylic acids is 2. The van der Waals surface area contributed by atoms with Crippen molar-refractivity contribution in [3.8, 4) is 0 Å². The minimum Gasteiger partial charge on any atom is -1.00 e. The van der Waals surface area contributed by atoms with E-state index in [0.717, 1.165) is 31.7 Å². The van der Waals surface area contributed by atoms with Crippen LogP contribution in [0, 0.1) is 5.82 Å². The predicted molar refractivity (Wildman–Crippen MR) is 160 cm³/mol. The summed E-state index contributed by atoms with van der Waals surface area (Å²) in [5.74, 6) is -2.12. The fourth-order valence-corrected chi connectivity index (χ4v) is 5.62. The number of piperazine rings is 1. The van der Waals surface area contributed by atoms with Gasteiger partial charge in [0.1, 0.15) is 11.4 Å². The number of fused-ring (bicyclic) bond motifs is 1. The van der Waals surface area contributed by atoms with Crippen molar-refractivity contribution in [2.24, 2.45) is 0 Å². The van der Waals surface area contributed by atoms with Crippen molar-refractivity contribution >= 4 is 34.4 Å². The number of halogens is 2. The van der Waals surface area contributed by atoms with Crippen molar-refractivity contribution in [2.75, 3.05) is 37.6 Å². The Balaban J connectivity index is 0.00000442. The first-order valence-corrected chi connectivity index (χ1v) is 15.2. The Morgan fingerprint density at radius 3 is 2.34 bits per heavy atom. The number of hydrogen-bond donors (Lipinski definition) is 2. The first-order valence-electron chi connectivity index (χ1n) is 15.2. The number of aromatic carboxylic acids is 1. The van der Waals surface area contributed by atoms with Gasteiger partial charge in [-0.1, -0.05) is 32.6 Å². The van der Waals surface area contributed by atoms with Crippen molar-refractivity contribution in [2.45, 2.75) is 64.5 Å². The molecule has 1 saturated carbocycles. The van der Waals surface area contributed by atoms with E-state index < -0.39 is 17.2 Å². The lowest BCUT2D eigenvalue weighted by atomic mass is 10.1. The van der Waals surface area contributed by atoms with E-state index in [1.54, 1.807) is 44.6 Å². The molecule has 2 aliphatic rings. The van der Waals surface area contributed by atoms with Gasteiger partial charge in [-0.25, -0.2) is 9.18 Å². The number of amides is 2. The molecule has 1 saturated heterocycles. The van der Waals surface area contributed by atoms with E-state index >= 15 is 4.39 Å². The van der Waals surface area contributed by atoms with Crippen LogP contribution in [-0.2, 0) is 11.3 Å². The van der Waals surface area contributed by atoms with Crippen LogP contribution >= 0.6 is 0 Å². The third-order valence-electron chi connectivity index (χ3n) is 8.25. The number of carboxylic acid groups (broad SMARTS) is 1. The number of unbranched alkanes of at least 4 members (excludes halogenated alkanes) is 4. The van der Waals surface area contributed by atoms with Crippen LogP contribution in [-0.4, -0.2) is 65.1 Å². The van der Waals surface area contributed by atoms with E-state index in [-0.39, 0.29) is 52.3 Å². The molecule has 44 heavy (non-hydrogen) atoms. The summed E-state index contributed by atoms with van der Waals surface area (Å²) < 4.78 is 18.8. The second kappa shape index (κ2) is 14.8. The van der Waals surface area contributed by atoms with Gasteiger partial charge in [0.05, 0.1) is 16.8 Å². The molecule has 2 aromatic heterocycles. The number of carbonyl (C=O) groups is 3. The third kappa shape index (κ3) is 7.64. The highest BCUT2D eigenvalue weighted by atomic mass is 79.9. The molecule has 5 rings (SSSR count). The van der Waals surface area contributed by atoms with Gasteiger partial charge >= 0.3 is 5.97 Å². The van der Waals surface area contributed by atoms with E-state index in [2.05, 4.69) is 12.2 Å². The molecule has 3 aromatic rings. The number of pyridine rings is 2. The van der Waals surface area contributed by atoms with Crippen molar-refractivity contribution in [3.63, 3.8) is 0 Å². The van der Waals surface area contributed by atoms with Crippen molar-refractivity contribution in [1.29, 1.82) is 0 Å². The first-order chi connectivity index (χ1) is 20.8. The number of nitrogens with zero attached hydrogens (tertiary/aromatic N) is 4. The lowest BCUT2D eigenvalue weighted by Gasteiger charge is -2.36. The van der Waals surface area contributed by atoms with Gasteiger partial charge in [-0.05, 0) is 31.4 Å². The van der Waals surface area contributed by atoms with Crippen LogP contribution in [0.15, 0.2) is 47.7 Å². The summed E-state index contributed by atoms with van der Waals surface area (Å²) in [4.78, 5) is 53.4. The first kappa shape index (κ1) is 33.1. The van der Waals surface area contributed by atoms with Crippen LogP contribution < -0.4 is 37.2 Å². The standard InChI is InChI=1S/C32H38FN5O5.BrH/c1-2-3-4-5-6-11-34-29(39)21-35-12-9-22(10-13-35)31(41)37-16-14-36(15-17-37)28-19-27-24(18-26(28)33)30(40)25(32(42)43)20-38(27)23-7-8-23;/h9-10,12-13,18-20,23H,2-8,11,14-17,21H2,1H3,(H-,34,39,42,43);1H. The van der Waals surface area contributed by atoms with Gasteiger partial charge in [0.25, 0.3) is 11.8 Å². The molecule has 1 aliphatic heterocycles.